The van der Waals surface area contributed by atoms with Gasteiger partial charge in [-0.05, 0) is 25.0 Å². The van der Waals surface area contributed by atoms with Crippen molar-refractivity contribution in [3.8, 4) is 0 Å². The molecule has 2 heterocycles. The lowest BCUT2D eigenvalue weighted by Gasteiger charge is -2.31. The van der Waals surface area contributed by atoms with E-state index in [1.807, 2.05) is 24.3 Å². The lowest BCUT2D eigenvalue weighted by atomic mass is 9.90. The fourth-order valence-electron chi connectivity index (χ4n) is 2.75. The molecule has 1 aromatic carbocycles. The van der Waals surface area contributed by atoms with Crippen LogP contribution < -0.4 is 16.7 Å². The minimum absolute atomic E-state index is 0.177. The molecule has 3 rings (SSSR count). The summed E-state index contributed by atoms with van der Waals surface area (Å²) in [6.45, 7) is 1.78. The summed E-state index contributed by atoms with van der Waals surface area (Å²) in [5.41, 5.74) is 6.70. The fourth-order valence-corrected chi connectivity index (χ4v) is 2.75. The van der Waals surface area contributed by atoms with Gasteiger partial charge in [0.25, 0.3) is 0 Å². The van der Waals surface area contributed by atoms with E-state index in [-0.39, 0.29) is 11.6 Å². The highest BCUT2D eigenvalue weighted by molar-refractivity contribution is 5.86. The van der Waals surface area contributed by atoms with E-state index in [9.17, 15) is 9.59 Å². The highest BCUT2D eigenvalue weighted by Gasteiger charge is 2.35. The number of nitrogens with two attached hydrogens (primary N) is 1. The van der Waals surface area contributed by atoms with Crippen LogP contribution in [0.25, 0.3) is 11.0 Å². The lowest BCUT2D eigenvalue weighted by Crippen LogP contribution is -2.57. The van der Waals surface area contributed by atoms with Crippen LogP contribution in [0.2, 0.25) is 0 Å². The summed E-state index contributed by atoms with van der Waals surface area (Å²) >= 11 is 0. The van der Waals surface area contributed by atoms with Crippen molar-refractivity contribution in [3.05, 3.63) is 34.7 Å². The van der Waals surface area contributed by atoms with E-state index in [1.54, 1.807) is 4.57 Å². The average molecular weight is 304 g/mol. The molecular formula is C15H20N4O3. The number of imidazole rings is 1. The molecule has 0 unspecified atom stereocenters. The van der Waals surface area contributed by atoms with Gasteiger partial charge in [0.2, 0.25) is 5.91 Å². The monoisotopic (exact) mass is 304 g/mol. The highest BCUT2D eigenvalue weighted by atomic mass is 16.5. The molecule has 4 N–H and O–H groups in total. The summed E-state index contributed by atoms with van der Waals surface area (Å²) in [5.74, 6) is -0.177. The summed E-state index contributed by atoms with van der Waals surface area (Å²) in [7, 11) is 0. The van der Waals surface area contributed by atoms with Gasteiger partial charge in [0.05, 0.1) is 16.6 Å². The predicted octanol–water partition coefficient (Wildman–Crippen LogP) is -0.0463. The maximum absolute atomic E-state index is 12.2. The van der Waals surface area contributed by atoms with Crippen LogP contribution in [0.4, 0.5) is 0 Å². The van der Waals surface area contributed by atoms with Gasteiger partial charge < -0.3 is 20.8 Å². The second kappa shape index (κ2) is 5.94. The third-order valence-electron chi connectivity index (χ3n) is 4.14. The number of hydrogen-bond acceptors (Lipinski definition) is 4. The first kappa shape index (κ1) is 14.8. The van der Waals surface area contributed by atoms with Crippen LogP contribution >= 0.6 is 0 Å². The normalized spacial score (nSPS) is 17.5. The van der Waals surface area contributed by atoms with Gasteiger partial charge >= 0.3 is 5.69 Å². The smallest absolute Gasteiger partial charge is 0.326 e. The van der Waals surface area contributed by atoms with Gasteiger partial charge in [-0.2, -0.15) is 0 Å². The maximum Gasteiger partial charge on any atom is 0.326 e. The Hall–Kier alpha value is -2.12. The van der Waals surface area contributed by atoms with Crippen molar-refractivity contribution in [1.82, 2.24) is 14.9 Å². The number of ether oxygens (including phenoxy) is 1. The number of nitrogens with one attached hydrogen (secondary N) is 2. The fraction of sp³-hybridized carbons (Fsp3) is 0.467. The third-order valence-corrected chi connectivity index (χ3v) is 4.14. The number of rotatable bonds is 4. The second-order valence-electron chi connectivity index (χ2n) is 5.62. The zero-order valence-electron chi connectivity index (χ0n) is 12.3. The van der Waals surface area contributed by atoms with Gasteiger partial charge in [-0.15, -0.1) is 0 Å². The lowest BCUT2D eigenvalue weighted by molar-refractivity contribution is -0.129. The molecule has 22 heavy (non-hydrogen) atoms. The number of hydrogen-bond donors (Lipinski definition) is 3. The first-order valence-corrected chi connectivity index (χ1v) is 7.43. The molecule has 0 saturated carbocycles. The standard InChI is InChI=1S/C15H20N4O3/c16-15(5-9-22-10-6-15)13(20)17-7-8-19-12-4-2-1-3-11(12)18-14(19)21/h1-4H,5-10,16H2,(H,17,20)(H,18,21). The van der Waals surface area contributed by atoms with Gasteiger partial charge in [-0.3, -0.25) is 9.36 Å². The molecule has 1 aromatic heterocycles. The Kier molecular flexibility index (Phi) is 4.00. The van der Waals surface area contributed by atoms with Crippen LogP contribution in [-0.4, -0.2) is 40.8 Å². The van der Waals surface area contributed by atoms with E-state index < -0.39 is 5.54 Å². The van der Waals surface area contributed by atoms with Gasteiger partial charge in [0.15, 0.2) is 0 Å². The molecule has 0 atom stereocenters. The van der Waals surface area contributed by atoms with Crippen LogP contribution in [0.15, 0.2) is 29.1 Å². The van der Waals surface area contributed by atoms with Crippen molar-refractivity contribution in [2.75, 3.05) is 19.8 Å². The van der Waals surface area contributed by atoms with Crippen LogP contribution in [0.5, 0.6) is 0 Å². The topological polar surface area (TPSA) is 102 Å². The third kappa shape index (κ3) is 2.77. The number of carbonyl (C=O) groups is 1. The molecule has 7 heteroatoms. The highest BCUT2D eigenvalue weighted by Crippen LogP contribution is 2.17. The zero-order chi connectivity index (χ0) is 15.6. The Morgan fingerprint density at radius 2 is 2.09 bits per heavy atom. The van der Waals surface area contributed by atoms with Gasteiger partial charge in [0.1, 0.15) is 0 Å². The van der Waals surface area contributed by atoms with Crippen molar-refractivity contribution in [1.29, 1.82) is 0 Å². The van der Waals surface area contributed by atoms with Gasteiger partial charge in [-0.25, -0.2) is 4.79 Å². The van der Waals surface area contributed by atoms with E-state index in [2.05, 4.69) is 10.3 Å². The molecule has 0 aliphatic carbocycles. The molecule has 1 aliphatic rings. The van der Waals surface area contributed by atoms with Crippen molar-refractivity contribution >= 4 is 16.9 Å². The molecule has 1 fully saturated rings. The molecule has 2 aromatic rings. The SMILES string of the molecule is NC1(C(=O)NCCn2c(=O)[nH]c3ccccc32)CCOCC1. The van der Waals surface area contributed by atoms with E-state index in [0.717, 1.165) is 11.0 Å². The molecule has 118 valence electrons. The van der Waals surface area contributed by atoms with E-state index in [4.69, 9.17) is 10.5 Å². The van der Waals surface area contributed by atoms with Crippen LogP contribution in [0, 0.1) is 0 Å². The van der Waals surface area contributed by atoms with Crippen molar-refractivity contribution < 1.29 is 9.53 Å². The summed E-state index contributed by atoms with van der Waals surface area (Å²) in [6, 6.07) is 7.47. The Morgan fingerprint density at radius 1 is 1.36 bits per heavy atom. The Morgan fingerprint density at radius 3 is 2.86 bits per heavy atom. The van der Waals surface area contributed by atoms with E-state index in [1.165, 1.54) is 0 Å². The van der Waals surface area contributed by atoms with E-state index in [0.29, 0.717) is 39.1 Å². The molecule has 1 aliphatic heterocycles. The minimum atomic E-state index is -0.858. The van der Waals surface area contributed by atoms with Crippen LogP contribution in [0.1, 0.15) is 12.8 Å². The predicted molar refractivity (Wildman–Crippen MR) is 82.5 cm³/mol. The van der Waals surface area contributed by atoms with Gasteiger partial charge in [-0.1, -0.05) is 12.1 Å². The number of amides is 1. The Balaban J connectivity index is 1.64. The first-order chi connectivity index (χ1) is 10.6. The first-order valence-electron chi connectivity index (χ1n) is 7.43. The largest absolute Gasteiger partial charge is 0.381 e. The summed E-state index contributed by atoms with van der Waals surface area (Å²) in [5, 5.41) is 2.83. The number of para-hydroxylation sites is 2. The Bertz CT molecular complexity index is 728. The average Bonchev–Trinajstić information content (AvgIpc) is 2.84. The number of fused-ring (bicyclic) bond motifs is 1. The Labute approximate surface area is 127 Å². The number of benzene rings is 1. The van der Waals surface area contributed by atoms with Crippen molar-refractivity contribution in [3.63, 3.8) is 0 Å². The number of aromatic amines is 1. The number of H-pyrrole nitrogens is 1. The number of carbonyl (C=O) groups excluding carboxylic acids is 1. The summed E-state index contributed by atoms with van der Waals surface area (Å²) < 4.78 is 6.85. The molecule has 0 bridgehead atoms. The minimum Gasteiger partial charge on any atom is -0.381 e. The van der Waals surface area contributed by atoms with Gasteiger partial charge in [0, 0.05) is 26.3 Å². The zero-order valence-corrected chi connectivity index (χ0v) is 12.3. The van der Waals surface area contributed by atoms with Crippen LogP contribution in [-0.2, 0) is 16.1 Å². The molecular weight excluding hydrogens is 284 g/mol. The molecule has 1 saturated heterocycles. The maximum atomic E-state index is 12.2. The summed E-state index contributed by atoms with van der Waals surface area (Å²) in [6.07, 6.45) is 1.04. The second-order valence-corrected chi connectivity index (χ2v) is 5.62. The molecule has 1 amide bonds. The molecule has 7 nitrogen and oxygen atoms in total. The molecule has 0 radical (unpaired) electrons. The number of aromatic nitrogens is 2. The van der Waals surface area contributed by atoms with E-state index >= 15 is 0 Å². The van der Waals surface area contributed by atoms with Crippen LogP contribution in [0.3, 0.4) is 0 Å². The summed E-state index contributed by atoms with van der Waals surface area (Å²) in [4.78, 5) is 26.9. The van der Waals surface area contributed by atoms with Crippen molar-refractivity contribution in [2.45, 2.75) is 24.9 Å². The van der Waals surface area contributed by atoms with Crippen molar-refractivity contribution in [2.24, 2.45) is 5.73 Å². The quantitative estimate of drug-likeness (QED) is 0.737. The number of nitrogens with zero attached hydrogens (tertiary/aromatic N) is 1. The molecule has 0 spiro atoms.